The molecule has 1 unspecified atom stereocenters. The highest BCUT2D eigenvalue weighted by molar-refractivity contribution is 6.34. The summed E-state index contributed by atoms with van der Waals surface area (Å²) in [6.07, 6.45) is 0.430. The first-order valence-corrected chi connectivity index (χ1v) is 7.50. The maximum Gasteiger partial charge on any atom is 0.345 e. The fraction of sp³-hybridized carbons (Fsp3) is 0.188. The molecule has 0 spiro atoms. The number of rotatable bonds is 4. The van der Waals surface area contributed by atoms with E-state index in [0.29, 0.717) is 27.2 Å². The third-order valence-electron chi connectivity index (χ3n) is 3.10. The molecule has 0 bridgehead atoms. The summed E-state index contributed by atoms with van der Waals surface area (Å²) in [5, 5.41) is 14.3. The van der Waals surface area contributed by atoms with E-state index in [1.54, 1.807) is 49.4 Å². The average Bonchev–Trinajstić information content (AvgIpc) is 2.46. The highest BCUT2D eigenvalue weighted by Crippen LogP contribution is 2.21. The van der Waals surface area contributed by atoms with Gasteiger partial charge in [-0.15, -0.1) is 0 Å². The number of hydrogen-bond donors (Lipinski definition) is 2. The van der Waals surface area contributed by atoms with Crippen LogP contribution in [0.5, 0.6) is 0 Å². The van der Waals surface area contributed by atoms with Gasteiger partial charge in [0.25, 0.3) is 0 Å². The predicted molar refractivity (Wildman–Crippen MR) is 88.7 cm³/mol. The van der Waals surface area contributed by atoms with Crippen molar-refractivity contribution in [2.45, 2.75) is 19.4 Å². The standard InChI is InChI=1S/C16H16Cl2N2O2/c1-11(7-12-8-13(17)10-14(18)9-12)20(22)16(21)19-15-5-3-2-4-6-15/h2-6,8-11,22H,7H2,1H3,(H,19,21). The quantitative estimate of drug-likeness (QED) is 0.618. The first-order chi connectivity index (χ1) is 10.5. The monoisotopic (exact) mass is 338 g/mol. The number of anilines is 1. The molecule has 2 rings (SSSR count). The molecule has 0 radical (unpaired) electrons. The Morgan fingerprint density at radius 2 is 1.77 bits per heavy atom. The summed E-state index contributed by atoms with van der Waals surface area (Å²) < 4.78 is 0. The Morgan fingerprint density at radius 3 is 2.36 bits per heavy atom. The van der Waals surface area contributed by atoms with E-state index >= 15 is 0 Å². The van der Waals surface area contributed by atoms with Gasteiger partial charge in [0.1, 0.15) is 0 Å². The van der Waals surface area contributed by atoms with Crippen molar-refractivity contribution in [3.05, 3.63) is 64.1 Å². The largest absolute Gasteiger partial charge is 0.345 e. The number of nitrogens with one attached hydrogen (secondary N) is 1. The number of hydrogen-bond acceptors (Lipinski definition) is 2. The van der Waals surface area contributed by atoms with Crippen molar-refractivity contribution in [1.82, 2.24) is 5.06 Å². The first-order valence-electron chi connectivity index (χ1n) is 6.75. The van der Waals surface area contributed by atoms with Crippen molar-refractivity contribution < 1.29 is 10.0 Å². The van der Waals surface area contributed by atoms with Crippen LogP contribution in [0.3, 0.4) is 0 Å². The van der Waals surface area contributed by atoms with Crippen LogP contribution in [0.25, 0.3) is 0 Å². The van der Waals surface area contributed by atoms with E-state index in [4.69, 9.17) is 23.2 Å². The Kier molecular flexibility index (Phi) is 5.66. The van der Waals surface area contributed by atoms with Gasteiger partial charge in [-0.05, 0) is 49.2 Å². The molecule has 0 aliphatic carbocycles. The zero-order valence-electron chi connectivity index (χ0n) is 12.0. The lowest BCUT2D eigenvalue weighted by atomic mass is 10.1. The topological polar surface area (TPSA) is 52.6 Å². The number of hydroxylamine groups is 2. The van der Waals surface area contributed by atoms with E-state index in [0.717, 1.165) is 5.56 Å². The third kappa shape index (κ3) is 4.63. The molecule has 116 valence electrons. The van der Waals surface area contributed by atoms with Crippen LogP contribution in [0.4, 0.5) is 10.5 Å². The lowest BCUT2D eigenvalue weighted by molar-refractivity contribution is -0.0673. The van der Waals surface area contributed by atoms with Crippen molar-refractivity contribution in [2.75, 3.05) is 5.32 Å². The van der Waals surface area contributed by atoms with Crippen LogP contribution in [-0.4, -0.2) is 22.3 Å². The van der Waals surface area contributed by atoms with Crippen molar-refractivity contribution >= 4 is 34.9 Å². The summed E-state index contributed by atoms with van der Waals surface area (Å²) in [5.41, 5.74) is 1.46. The zero-order valence-corrected chi connectivity index (χ0v) is 13.5. The van der Waals surface area contributed by atoms with Gasteiger partial charge < -0.3 is 5.32 Å². The number of carbonyl (C=O) groups excluding carboxylic acids is 1. The molecule has 22 heavy (non-hydrogen) atoms. The van der Waals surface area contributed by atoms with Crippen LogP contribution >= 0.6 is 23.2 Å². The summed E-state index contributed by atoms with van der Waals surface area (Å²) in [6, 6.07) is 13.1. The van der Waals surface area contributed by atoms with Gasteiger partial charge in [0.05, 0.1) is 6.04 Å². The molecule has 0 heterocycles. The molecular formula is C16H16Cl2N2O2. The fourth-order valence-electron chi connectivity index (χ4n) is 2.06. The predicted octanol–water partition coefficient (Wildman–Crippen LogP) is 4.85. The Hall–Kier alpha value is -1.75. The molecule has 2 amide bonds. The molecule has 2 aromatic carbocycles. The molecule has 2 N–H and O–H groups in total. The number of benzene rings is 2. The number of para-hydroxylation sites is 1. The SMILES string of the molecule is CC(Cc1cc(Cl)cc(Cl)c1)N(O)C(=O)Nc1ccccc1. The van der Waals surface area contributed by atoms with E-state index in [-0.39, 0.29) is 0 Å². The highest BCUT2D eigenvalue weighted by Gasteiger charge is 2.19. The van der Waals surface area contributed by atoms with Gasteiger partial charge in [-0.3, -0.25) is 5.21 Å². The van der Waals surface area contributed by atoms with Gasteiger partial charge in [0, 0.05) is 15.7 Å². The lowest BCUT2D eigenvalue weighted by Gasteiger charge is -2.23. The number of urea groups is 1. The second-order valence-corrected chi connectivity index (χ2v) is 5.84. The molecule has 0 aliphatic rings. The van der Waals surface area contributed by atoms with Crippen molar-refractivity contribution in [2.24, 2.45) is 0 Å². The summed E-state index contributed by atoms with van der Waals surface area (Å²) in [6.45, 7) is 1.74. The van der Waals surface area contributed by atoms with E-state index < -0.39 is 12.1 Å². The molecule has 0 fully saturated rings. The van der Waals surface area contributed by atoms with E-state index in [1.807, 2.05) is 6.07 Å². The number of carbonyl (C=O) groups is 1. The van der Waals surface area contributed by atoms with Crippen LogP contribution in [0.1, 0.15) is 12.5 Å². The third-order valence-corrected chi connectivity index (χ3v) is 3.54. The fourth-order valence-corrected chi connectivity index (χ4v) is 2.63. The molecule has 0 saturated heterocycles. The van der Waals surface area contributed by atoms with Gasteiger partial charge in [0.15, 0.2) is 0 Å². The maximum absolute atomic E-state index is 12.0. The first kappa shape index (κ1) is 16.6. The Labute approximate surface area is 139 Å². The highest BCUT2D eigenvalue weighted by atomic mass is 35.5. The number of amides is 2. The number of halogens is 2. The molecule has 2 aromatic rings. The van der Waals surface area contributed by atoms with Gasteiger partial charge in [0.2, 0.25) is 0 Å². The minimum Gasteiger partial charge on any atom is -0.306 e. The van der Waals surface area contributed by atoms with Crippen LogP contribution < -0.4 is 5.32 Å². The van der Waals surface area contributed by atoms with Gasteiger partial charge in [-0.25, -0.2) is 9.86 Å². The Balaban J connectivity index is 1.99. The molecule has 6 heteroatoms. The second kappa shape index (κ2) is 7.49. The number of nitrogens with zero attached hydrogens (tertiary/aromatic N) is 1. The van der Waals surface area contributed by atoms with E-state index in [2.05, 4.69) is 5.32 Å². The minimum atomic E-state index is -0.591. The maximum atomic E-state index is 12.0. The summed E-state index contributed by atoms with van der Waals surface area (Å²) in [5.74, 6) is 0. The summed E-state index contributed by atoms with van der Waals surface area (Å²) in [4.78, 5) is 12.0. The molecule has 0 aliphatic heterocycles. The van der Waals surface area contributed by atoms with Crippen LogP contribution in [0, 0.1) is 0 Å². The van der Waals surface area contributed by atoms with Crippen LogP contribution in [0.2, 0.25) is 10.0 Å². The van der Waals surface area contributed by atoms with Gasteiger partial charge in [-0.1, -0.05) is 41.4 Å². The molecule has 1 atom stereocenters. The van der Waals surface area contributed by atoms with Crippen molar-refractivity contribution in [3.63, 3.8) is 0 Å². The van der Waals surface area contributed by atoms with Crippen LogP contribution in [-0.2, 0) is 6.42 Å². The zero-order chi connectivity index (χ0) is 16.1. The lowest BCUT2D eigenvalue weighted by Crippen LogP contribution is -2.39. The average molecular weight is 339 g/mol. The molecule has 4 nitrogen and oxygen atoms in total. The van der Waals surface area contributed by atoms with E-state index in [1.165, 1.54) is 0 Å². The summed E-state index contributed by atoms with van der Waals surface area (Å²) >= 11 is 11.9. The normalized spacial score (nSPS) is 11.8. The molecular weight excluding hydrogens is 323 g/mol. The van der Waals surface area contributed by atoms with E-state index in [9.17, 15) is 10.0 Å². The van der Waals surface area contributed by atoms with Crippen LogP contribution in [0.15, 0.2) is 48.5 Å². The van der Waals surface area contributed by atoms with Crippen molar-refractivity contribution in [1.29, 1.82) is 0 Å². The smallest absolute Gasteiger partial charge is 0.306 e. The molecule has 0 aromatic heterocycles. The van der Waals surface area contributed by atoms with Crippen molar-refractivity contribution in [3.8, 4) is 0 Å². The Morgan fingerprint density at radius 1 is 1.18 bits per heavy atom. The minimum absolute atomic E-state index is 0.430. The van der Waals surface area contributed by atoms with Gasteiger partial charge >= 0.3 is 6.03 Å². The summed E-state index contributed by atoms with van der Waals surface area (Å²) in [7, 11) is 0. The second-order valence-electron chi connectivity index (χ2n) is 4.97. The Bertz CT molecular complexity index is 630. The van der Waals surface area contributed by atoms with Gasteiger partial charge in [-0.2, -0.15) is 0 Å². The molecule has 0 saturated carbocycles.